The van der Waals surface area contributed by atoms with Gasteiger partial charge < -0.3 is 9.47 Å². The molecule has 10 nitrogen and oxygen atoms in total. The summed E-state index contributed by atoms with van der Waals surface area (Å²) in [5.41, 5.74) is -1.38. The van der Waals surface area contributed by atoms with Crippen molar-refractivity contribution in [3.05, 3.63) is 47.7 Å². The number of ether oxygens (including phenoxy) is 2. The number of nitriles is 1. The van der Waals surface area contributed by atoms with E-state index < -0.39 is 23.2 Å². The van der Waals surface area contributed by atoms with Crippen molar-refractivity contribution in [3.8, 4) is 23.1 Å². The maximum Gasteiger partial charge on any atom is 0.417 e. The highest BCUT2D eigenvalue weighted by molar-refractivity contribution is 8.00. The molecule has 1 aliphatic heterocycles. The number of nitrogens with one attached hydrogen (secondary N) is 1. The van der Waals surface area contributed by atoms with E-state index in [1.165, 1.54) is 18.1 Å². The zero-order valence-electron chi connectivity index (χ0n) is 18.9. The molecule has 0 bridgehead atoms. The molecule has 0 unspecified atom stereocenters. The Bertz CT molecular complexity index is 1270. The van der Waals surface area contributed by atoms with Gasteiger partial charge in [-0.3, -0.25) is 14.6 Å². The number of hydrogen-bond donors (Lipinski definition) is 1. The van der Waals surface area contributed by atoms with Gasteiger partial charge in [0.1, 0.15) is 16.8 Å². The molecule has 0 spiro atoms. The van der Waals surface area contributed by atoms with Crippen LogP contribution in [0.5, 0.6) is 5.75 Å². The summed E-state index contributed by atoms with van der Waals surface area (Å²) in [5, 5.41) is 17.4. The Balaban J connectivity index is 1.52. The molecule has 2 aromatic heterocycles. The molecule has 3 heterocycles. The maximum absolute atomic E-state index is 13.8. The summed E-state index contributed by atoms with van der Waals surface area (Å²) in [4.78, 5) is 18.2. The van der Waals surface area contributed by atoms with E-state index in [9.17, 15) is 23.2 Å². The van der Waals surface area contributed by atoms with Crippen LogP contribution in [-0.4, -0.2) is 55.3 Å². The van der Waals surface area contributed by atoms with Gasteiger partial charge in [0.15, 0.2) is 0 Å². The molecule has 188 valence electrons. The van der Waals surface area contributed by atoms with Gasteiger partial charge in [0.25, 0.3) is 6.20 Å². The summed E-state index contributed by atoms with van der Waals surface area (Å²) >= 11 is 0.714. The minimum atomic E-state index is -4.79. The molecule has 0 radical (unpaired) electrons. The van der Waals surface area contributed by atoms with E-state index in [2.05, 4.69) is 15.6 Å². The molecule has 14 heteroatoms. The van der Waals surface area contributed by atoms with Crippen LogP contribution < -0.4 is 19.9 Å². The molecule has 1 aromatic carbocycles. The van der Waals surface area contributed by atoms with E-state index in [-0.39, 0.29) is 22.4 Å². The number of carbonyl (C=O) groups excluding carboxylic acids is 1. The monoisotopic (exact) mass is 521 g/mol. The highest BCUT2D eigenvalue weighted by atomic mass is 32.2. The van der Waals surface area contributed by atoms with Gasteiger partial charge in [0, 0.05) is 5.56 Å². The molecule has 0 saturated carbocycles. The molecule has 1 fully saturated rings. The normalized spacial score (nSPS) is 13.8. The second kappa shape index (κ2) is 10.8. The van der Waals surface area contributed by atoms with E-state index in [0.717, 1.165) is 6.07 Å². The van der Waals surface area contributed by atoms with Crippen molar-refractivity contribution in [2.45, 2.75) is 11.2 Å². The highest BCUT2D eigenvalue weighted by Crippen LogP contribution is 2.38. The number of thioether (sulfide) groups is 1. The van der Waals surface area contributed by atoms with Crippen LogP contribution in [0.3, 0.4) is 0 Å². The number of anilines is 1. The van der Waals surface area contributed by atoms with Gasteiger partial charge in [0.2, 0.25) is 11.2 Å². The largest absolute Gasteiger partial charge is 0.497 e. The third-order valence-electron chi connectivity index (χ3n) is 5.12. The zero-order chi connectivity index (χ0) is 25.7. The Labute approximate surface area is 207 Å². The van der Waals surface area contributed by atoms with Gasteiger partial charge in [0.05, 0.1) is 60.8 Å². The van der Waals surface area contributed by atoms with Crippen molar-refractivity contribution in [3.63, 3.8) is 0 Å². The van der Waals surface area contributed by atoms with Crippen molar-refractivity contribution in [2.24, 2.45) is 0 Å². The van der Waals surface area contributed by atoms with Gasteiger partial charge in [-0.1, -0.05) is 11.8 Å². The van der Waals surface area contributed by atoms with E-state index in [4.69, 9.17) is 14.0 Å². The number of rotatable bonds is 7. The van der Waals surface area contributed by atoms with Crippen molar-refractivity contribution in [2.75, 3.05) is 49.5 Å². The van der Waals surface area contributed by atoms with Crippen LogP contribution in [-0.2, 0) is 15.7 Å². The Kier molecular flexibility index (Phi) is 7.61. The number of aromatic nitrogens is 3. The highest BCUT2D eigenvalue weighted by Gasteiger charge is 2.36. The molecule has 1 amide bonds. The molecule has 0 aliphatic carbocycles. The number of hydrogen-bond acceptors (Lipinski definition) is 9. The van der Waals surface area contributed by atoms with Crippen LogP contribution >= 0.6 is 11.8 Å². The summed E-state index contributed by atoms with van der Waals surface area (Å²) in [5.74, 6) is -0.302. The fraction of sp³-hybridized carbons (Fsp3) is 0.318. The van der Waals surface area contributed by atoms with Gasteiger partial charge in [-0.25, -0.2) is 4.98 Å². The Morgan fingerprint density at radius 3 is 2.67 bits per heavy atom. The van der Waals surface area contributed by atoms with Gasteiger partial charge in [-0.05, 0) is 30.3 Å². The number of pyridine rings is 1. The Hall–Kier alpha value is -3.83. The van der Waals surface area contributed by atoms with Crippen LogP contribution in [0, 0.1) is 11.3 Å². The van der Waals surface area contributed by atoms with Gasteiger partial charge >= 0.3 is 12.1 Å². The average molecular weight is 522 g/mol. The minimum Gasteiger partial charge on any atom is -0.497 e. The molecular formula is C22H20F3N6O4S+. The molecular weight excluding hydrogens is 501 g/mol. The number of alkyl halides is 3. The van der Waals surface area contributed by atoms with Crippen molar-refractivity contribution in [1.29, 1.82) is 5.26 Å². The average Bonchev–Trinajstić information content (AvgIpc) is 3.35. The summed E-state index contributed by atoms with van der Waals surface area (Å²) < 4.78 is 56.7. The predicted molar refractivity (Wildman–Crippen MR) is 121 cm³/mol. The molecule has 0 atom stereocenters. The number of amides is 1. The lowest BCUT2D eigenvalue weighted by molar-refractivity contribution is -0.759. The van der Waals surface area contributed by atoms with Crippen LogP contribution in [0.25, 0.3) is 11.3 Å². The molecule has 4 rings (SSSR count). The summed E-state index contributed by atoms with van der Waals surface area (Å²) in [7, 11) is 1.47. The van der Waals surface area contributed by atoms with Crippen molar-refractivity contribution >= 4 is 23.6 Å². The number of methoxy groups -OCH3 is 1. The summed E-state index contributed by atoms with van der Waals surface area (Å²) in [6.45, 7) is 2.24. The number of morpholine rings is 1. The minimum absolute atomic E-state index is 0.00803. The van der Waals surface area contributed by atoms with Crippen LogP contribution in [0.15, 0.2) is 46.1 Å². The molecule has 1 saturated heterocycles. The fourth-order valence-electron chi connectivity index (χ4n) is 3.36. The van der Waals surface area contributed by atoms with E-state index in [0.29, 0.717) is 49.4 Å². The number of nitrogens with zero attached hydrogens (tertiary/aromatic N) is 5. The van der Waals surface area contributed by atoms with E-state index in [1.807, 2.05) is 5.01 Å². The number of benzene rings is 1. The lowest BCUT2D eigenvalue weighted by Crippen LogP contribution is -2.62. The second-order valence-corrected chi connectivity index (χ2v) is 8.43. The maximum atomic E-state index is 13.8. The Morgan fingerprint density at radius 1 is 1.31 bits per heavy atom. The second-order valence-electron chi connectivity index (χ2n) is 7.46. The zero-order valence-corrected chi connectivity index (χ0v) is 19.7. The fourth-order valence-corrected chi connectivity index (χ4v) is 4.16. The molecule has 1 N–H and O–H groups in total. The molecule has 3 aromatic rings. The summed E-state index contributed by atoms with van der Waals surface area (Å²) in [6, 6.07) is 8.69. The third-order valence-corrected chi connectivity index (χ3v) is 6.10. The van der Waals surface area contributed by atoms with Gasteiger partial charge in [-0.15, -0.1) is 5.01 Å². The lowest BCUT2D eigenvalue weighted by atomic mass is 10.1. The summed E-state index contributed by atoms with van der Waals surface area (Å²) in [6.07, 6.45) is -3.32. The first kappa shape index (κ1) is 25.3. The Morgan fingerprint density at radius 2 is 2.03 bits per heavy atom. The van der Waals surface area contributed by atoms with E-state index >= 15 is 0 Å². The molecule has 36 heavy (non-hydrogen) atoms. The molecule has 1 aliphatic rings. The predicted octanol–water partition coefficient (Wildman–Crippen LogP) is 2.62. The smallest absolute Gasteiger partial charge is 0.417 e. The quantitative estimate of drug-likeness (QED) is 0.370. The first-order chi connectivity index (χ1) is 17.3. The van der Waals surface area contributed by atoms with E-state index in [1.54, 1.807) is 30.3 Å². The van der Waals surface area contributed by atoms with Crippen LogP contribution in [0.4, 0.5) is 19.1 Å². The van der Waals surface area contributed by atoms with Gasteiger partial charge in [-0.2, -0.15) is 18.4 Å². The number of halogens is 3. The van der Waals surface area contributed by atoms with Crippen molar-refractivity contribution in [1.82, 2.24) is 10.3 Å². The standard InChI is InChI=1S/C22H19F3N6O4S/c1-33-15-4-2-14(3-5-15)18-10-17(22(23,24)25)16(11-26)21(27-18)36-13-19(32)28-20-12-31(29-35-20)30-6-8-34-9-7-30/h2-5,10,12H,6-9,13H2,1H3/p+1. The number of carbonyl (C=O) groups is 1. The van der Waals surface area contributed by atoms with Crippen LogP contribution in [0.2, 0.25) is 0 Å². The topological polar surface area (TPSA) is 117 Å². The first-order valence-electron chi connectivity index (χ1n) is 10.6. The van der Waals surface area contributed by atoms with Crippen LogP contribution in [0.1, 0.15) is 11.1 Å². The first-order valence-corrected chi connectivity index (χ1v) is 11.6. The third kappa shape index (κ3) is 5.86. The van der Waals surface area contributed by atoms with Crippen molar-refractivity contribution < 1.29 is 36.8 Å². The SMILES string of the molecule is COc1ccc(-c2cc(C(F)(F)F)c(C#N)c(SCC(=O)Nc3c[n+](N4CCOCC4)no3)n2)cc1. The lowest BCUT2D eigenvalue weighted by Gasteiger charge is -2.18.